The number of benzene rings is 2. The molecule has 1 aromatic heterocycles. The minimum Gasteiger partial charge on any atom is -0.481 e. The van der Waals surface area contributed by atoms with Gasteiger partial charge in [-0.05, 0) is 73.4 Å². The number of amides is 2. The van der Waals surface area contributed by atoms with Gasteiger partial charge in [-0.15, -0.1) is 0 Å². The molecule has 2 aromatic carbocycles. The summed E-state index contributed by atoms with van der Waals surface area (Å²) in [4.78, 5) is 39.6. The highest BCUT2D eigenvalue weighted by Crippen LogP contribution is 2.39. The Balaban J connectivity index is 1.31. The van der Waals surface area contributed by atoms with E-state index in [1.165, 1.54) is 18.2 Å². The van der Waals surface area contributed by atoms with Crippen molar-refractivity contribution in [2.24, 2.45) is 5.92 Å². The minimum absolute atomic E-state index is 0.0139. The molecule has 3 aromatic rings. The monoisotopic (exact) mass is 611 g/mol. The number of hydrogen-bond acceptors (Lipinski definition) is 5. The fourth-order valence-electron chi connectivity index (χ4n) is 4.82. The van der Waals surface area contributed by atoms with E-state index >= 15 is 0 Å². The highest BCUT2D eigenvalue weighted by atomic mass is 35.5. The van der Waals surface area contributed by atoms with Gasteiger partial charge >= 0.3 is 12.1 Å². The SMILES string of the molecule is O=C(O)CC1CCC(c2ccc(NC(=O)CCNC(=O)c3nc(-c4cc(Cl)ccc4Cl)oc3C(F)(F)F)cc2)CC1. The van der Waals surface area contributed by atoms with Crippen LogP contribution in [0.2, 0.25) is 10.0 Å². The summed E-state index contributed by atoms with van der Waals surface area (Å²) in [6.45, 7) is -0.250. The van der Waals surface area contributed by atoms with Crippen LogP contribution in [-0.2, 0) is 15.8 Å². The number of carboxylic acids is 1. The number of alkyl halides is 3. The van der Waals surface area contributed by atoms with E-state index in [-0.39, 0.29) is 40.9 Å². The van der Waals surface area contributed by atoms with Crippen molar-refractivity contribution in [1.29, 1.82) is 0 Å². The second-order valence-electron chi connectivity index (χ2n) is 9.81. The van der Waals surface area contributed by atoms with E-state index in [9.17, 15) is 27.6 Å². The van der Waals surface area contributed by atoms with Gasteiger partial charge in [0.15, 0.2) is 5.69 Å². The van der Waals surface area contributed by atoms with Crippen molar-refractivity contribution in [3.63, 3.8) is 0 Å². The van der Waals surface area contributed by atoms with Crippen molar-refractivity contribution in [3.8, 4) is 11.5 Å². The Morgan fingerprint density at radius 1 is 1.02 bits per heavy atom. The number of carbonyl (C=O) groups excluding carboxylic acids is 2. The lowest BCUT2D eigenvalue weighted by atomic mass is 9.77. The van der Waals surface area contributed by atoms with Crippen molar-refractivity contribution in [2.45, 2.75) is 50.6 Å². The summed E-state index contributed by atoms with van der Waals surface area (Å²) in [6.07, 6.45) is -1.50. The molecule has 0 saturated heterocycles. The van der Waals surface area contributed by atoms with E-state index in [2.05, 4.69) is 15.6 Å². The highest BCUT2D eigenvalue weighted by molar-refractivity contribution is 6.35. The van der Waals surface area contributed by atoms with Crippen molar-refractivity contribution in [3.05, 3.63) is 69.5 Å². The number of rotatable bonds is 9. The van der Waals surface area contributed by atoms with E-state index < -0.39 is 41.3 Å². The Labute approximate surface area is 243 Å². The number of hydrogen-bond donors (Lipinski definition) is 3. The first-order chi connectivity index (χ1) is 19.4. The Hall–Kier alpha value is -3.57. The van der Waals surface area contributed by atoms with E-state index in [0.29, 0.717) is 11.6 Å². The van der Waals surface area contributed by atoms with Crippen LogP contribution in [0, 0.1) is 5.92 Å². The molecule has 1 aliphatic rings. The summed E-state index contributed by atoms with van der Waals surface area (Å²) < 4.78 is 45.5. The Morgan fingerprint density at radius 2 is 1.71 bits per heavy atom. The summed E-state index contributed by atoms with van der Waals surface area (Å²) in [6, 6.07) is 11.4. The summed E-state index contributed by atoms with van der Waals surface area (Å²) >= 11 is 11.9. The van der Waals surface area contributed by atoms with Crippen molar-refractivity contribution in [2.75, 3.05) is 11.9 Å². The van der Waals surface area contributed by atoms with Gasteiger partial charge < -0.3 is 20.2 Å². The van der Waals surface area contributed by atoms with Crippen LogP contribution >= 0.6 is 23.2 Å². The van der Waals surface area contributed by atoms with Gasteiger partial charge in [0.05, 0.1) is 10.6 Å². The summed E-state index contributed by atoms with van der Waals surface area (Å²) in [5.41, 5.74) is 0.635. The second kappa shape index (κ2) is 12.9. The molecular formula is C28H26Cl2F3N3O5. The average molecular weight is 612 g/mol. The van der Waals surface area contributed by atoms with Crippen LogP contribution in [0.5, 0.6) is 0 Å². The lowest BCUT2D eigenvalue weighted by molar-refractivity contribution is -0.153. The summed E-state index contributed by atoms with van der Waals surface area (Å²) in [7, 11) is 0. The van der Waals surface area contributed by atoms with Gasteiger partial charge in [-0.25, -0.2) is 4.98 Å². The fraction of sp³-hybridized carbons (Fsp3) is 0.357. The van der Waals surface area contributed by atoms with Crippen LogP contribution in [0.25, 0.3) is 11.5 Å². The first kappa shape index (κ1) is 30.4. The minimum atomic E-state index is -5.01. The first-order valence-corrected chi connectivity index (χ1v) is 13.6. The zero-order valence-corrected chi connectivity index (χ0v) is 23.1. The summed E-state index contributed by atoms with van der Waals surface area (Å²) in [5.74, 6) is -3.98. The molecule has 0 radical (unpaired) electrons. The van der Waals surface area contributed by atoms with Gasteiger partial charge in [0.25, 0.3) is 5.91 Å². The molecule has 1 fully saturated rings. The predicted octanol–water partition coefficient (Wildman–Crippen LogP) is 7.17. The molecule has 3 N–H and O–H groups in total. The number of aromatic nitrogens is 1. The van der Waals surface area contributed by atoms with Crippen LogP contribution in [0.4, 0.5) is 18.9 Å². The Morgan fingerprint density at radius 3 is 2.34 bits per heavy atom. The number of carbonyl (C=O) groups is 3. The van der Waals surface area contributed by atoms with E-state index in [0.717, 1.165) is 31.2 Å². The summed E-state index contributed by atoms with van der Waals surface area (Å²) in [5, 5.41) is 14.1. The molecule has 0 spiro atoms. The molecule has 0 unspecified atom stereocenters. The second-order valence-corrected chi connectivity index (χ2v) is 10.7. The number of halogens is 5. The van der Waals surface area contributed by atoms with Crippen LogP contribution in [-0.4, -0.2) is 34.4 Å². The maximum absolute atomic E-state index is 13.6. The molecule has 41 heavy (non-hydrogen) atoms. The predicted molar refractivity (Wildman–Crippen MR) is 146 cm³/mol. The Bertz CT molecular complexity index is 1420. The molecule has 13 heteroatoms. The third-order valence-electron chi connectivity index (χ3n) is 6.87. The van der Waals surface area contributed by atoms with Gasteiger partial charge in [-0.1, -0.05) is 35.3 Å². The van der Waals surface area contributed by atoms with E-state index in [1.807, 2.05) is 12.1 Å². The van der Waals surface area contributed by atoms with Crippen LogP contribution in [0.3, 0.4) is 0 Å². The quantitative estimate of drug-likeness (QED) is 0.236. The van der Waals surface area contributed by atoms with Gasteiger partial charge in [-0.3, -0.25) is 14.4 Å². The topological polar surface area (TPSA) is 122 Å². The number of aliphatic carboxylic acids is 1. The molecule has 0 atom stereocenters. The van der Waals surface area contributed by atoms with Crippen LogP contribution < -0.4 is 10.6 Å². The maximum Gasteiger partial charge on any atom is 0.452 e. The molecule has 0 bridgehead atoms. The zero-order chi connectivity index (χ0) is 29.7. The largest absolute Gasteiger partial charge is 0.481 e. The lowest BCUT2D eigenvalue weighted by Crippen LogP contribution is -2.29. The molecule has 4 rings (SSSR count). The number of nitrogens with one attached hydrogen (secondary N) is 2. The van der Waals surface area contributed by atoms with Gasteiger partial charge in [0.2, 0.25) is 17.6 Å². The fourth-order valence-corrected chi connectivity index (χ4v) is 5.20. The molecule has 218 valence electrons. The molecule has 1 heterocycles. The molecule has 1 saturated carbocycles. The average Bonchev–Trinajstić information content (AvgIpc) is 3.37. The maximum atomic E-state index is 13.6. The number of nitrogens with zero attached hydrogens (tertiary/aromatic N) is 1. The highest BCUT2D eigenvalue weighted by Gasteiger charge is 2.42. The molecule has 1 aliphatic carbocycles. The van der Waals surface area contributed by atoms with Gasteiger partial charge in [0.1, 0.15) is 0 Å². The lowest BCUT2D eigenvalue weighted by Gasteiger charge is -2.28. The molecular weight excluding hydrogens is 586 g/mol. The van der Waals surface area contributed by atoms with E-state index in [4.69, 9.17) is 32.7 Å². The third kappa shape index (κ3) is 8.01. The zero-order valence-electron chi connectivity index (χ0n) is 21.6. The van der Waals surface area contributed by atoms with Gasteiger partial charge in [-0.2, -0.15) is 13.2 Å². The number of anilines is 1. The number of oxazole rings is 1. The van der Waals surface area contributed by atoms with Crippen LogP contribution in [0.1, 0.15) is 66.3 Å². The van der Waals surface area contributed by atoms with E-state index in [1.54, 1.807) is 12.1 Å². The normalized spacial score (nSPS) is 17.2. The van der Waals surface area contributed by atoms with Crippen molar-refractivity contribution >= 4 is 46.7 Å². The van der Waals surface area contributed by atoms with Gasteiger partial charge in [0, 0.05) is 30.1 Å². The van der Waals surface area contributed by atoms with Crippen LogP contribution in [0.15, 0.2) is 46.9 Å². The van der Waals surface area contributed by atoms with Crippen molar-refractivity contribution < 1.29 is 37.1 Å². The smallest absolute Gasteiger partial charge is 0.452 e. The Kier molecular flexibility index (Phi) is 9.60. The standard InChI is InChI=1S/C28H26Cl2F3N3O5/c29-18-7-10-21(30)20(14-18)27-36-24(25(41-27)28(31,32)33)26(40)34-12-11-22(37)35-19-8-5-17(6-9-19)16-3-1-15(2-4-16)13-23(38)39/h5-10,14-16H,1-4,11-13H2,(H,34,40)(H,35,37)(H,38,39). The molecule has 8 nitrogen and oxygen atoms in total. The number of carboxylic acid groups (broad SMARTS) is 1. The first-order valence-electron chi connectivity index (χ1n) is 12.8. The third-order valence-corrected chi connectivity index (χ3v) is 7.44. The molecule has 0 aliphatic heterocycles. The molecule has 2 amide bonds. The van der Waals surface area contributed by atoms with Crippen molar-refractivity contribution in [1.82, 2.24) is 10.3 Å².